The van der Waals surface area contributed by atoms with Gasteiger partial charge in [-0.25, -0.2) is 0 Å². The van der Waals surface area contributed by atoms with Gasteiger partial charge in [0.2, 0.25) is 5.91 Å². The molecule has 4 nitrogen and oxygen atoms in total. The van der Waals surface area contributed by atoms with Crippen LogP contribution in [0.5, 0.6) is 5.75 Å². The minimum Gasteiger partial charge on any atom is -0.508 e. The van der Waals surface area contributed by atoms with Gasteiger partial charge in [0.25, 0.3) is 0 Å². The highest BCUT2D eigenvalue weighted by molar-refractivity contribution is 5.76. The van der Waals surface area contributed by atoms with Crippen LogP contribution in [0.2, 0.25) is 0 Å². The van der Waals surface area contributed by atoms with Crippen LogP contribution in [0.3, 0.4) is 0 Å². The van der Waals surface area contributed by atoms with E-state index in [1.165, 1.54) is 5.56 Å². The molecule has 0 fully saturated rings. The predicted molar refractivity (Wildman–Crippen MR) is 95.0 cm³/mol. The van der Waals surface area contributed by atoms with Gasteiger partial charge in [0.05, 0.1) is 12.6 Å². The quantitative estimate of drug-likeness (QED) is 0.698. The second-order valence-electron chi connectivity index (χ2n) is 5.99. The SMILES string of the molecule is CCc1ccc(CCC(=O)N[C@H](CO)Cc2ccc(O)cc2)cc1. The lowest BCUT2D eigenvalue weighted by molar-refractivity contribution is -0.122. The van der Waals surface area contributed by atoms with E-state index in [2.05, 4.69) is 36.5 Å². The first-order valence-corrected chi connectivity index (χ1v) is 8.36. The van der Waals surface area contributed by atoms with Crippen molar-refractivity contribution < 1.29 is 15.0 Å². The van der Waals surface area contributed by atoms with Gasteiger partial charge in [-0.05, 0) is 48.1 Å². The van der Waals surface area contributed by atoms with Crippen LogP contribution >= 0.6 is 0 Å². The zero-order chi connectivity index (χ0) is 17.4. The zero-order valence-corrected chi connectivity index (χ0v) is 14.0. The molecule has 0 radical (unpaired) electrons. The number of aromatic hydroxyl groups is 1. The van der Waals surface area contributed by atoms with Gasteiger partial charge in [-0.3, -0.25) is 4.79 Å². The number of carbonyl (C=O) groups is 1. The third-order valence-electron chi connectivity index (χ3n) is 4.08. The van der Waals surface area contributed by atoms with Crippen LogP contribution in [0.15, 0.2) is 48.5 Å². The van der Waals surface area contributed by atoms with Crippen molar-refractivity contribution in [1.29, 1.82) is 0 Å². The molecular weight excluding hydrogens is 302 g/mol. The minimum absolute atomic E-state index is 0.0626. The molecule has 0 bridgehead atoms. The van der Waals surface area contributed by atoms with E-state index in [-0.39, 0.29) is 24.3 Å². The molecule has 4 heteroatoms. The van der Waals surface area contributed by atoms with Gasteiger partial charge < -0.3 is 15.5 Å². The molecule has 2 rings (SSSR count). The van der Waals surface area contributed by atoms with Crippen LogP contribution in [-0.2, 0) is 24.1 Å². The predicted octanol–water partition coefficient (Wildman–Crippen LogP) is 2.61. The lowest BCUT2D eigenvalue weighted by Crippen LogP contribution is -2.39. The van der Waals surface area contributed by atoms with Crippen molar-refractivity contribution in [3.8, 4) is 5.75 Å². The lowest BCUT2D eigenvalue weighted by atomic mass is 10.0. The van der Waals surface area contributed by atoms with Gasteiger partial charge in [-0.15, -0.1) is 0 Å². The number of rotatable bonds is 8. The van der Waals surface area contributed by atoms with Crippen LogP contribution in [0.4, 0.5) is 0 Å². The molecule has 0 heterocycles. The van der Waals surface area contributed by atoms with Crippen LogP contribution in [-0.4, -0.2) is 28.8 Å². The van der Waals surface area contributed by atoms with Crippen LogP contribution in [0, 0.1) is 0 Å². The summed E-state index contributed by atoms with van der Waals surface area (Å²) in [5.41, 5.74) is 3.39. The first-order valence-electron chi connectivity index (χ1n) is 8.36. The van der Waals surface area contributed by atoms with Crippen molar-refractivity contribution >= 4 is 5.91 Å². The standard InChI is InChI=1S/C20H25NO3/c1-2-15-3-5-16(6-4-15)9-12-20(24)21-18(14-22)13-17-7-10-19(23)11-8-17/h3-8,10-11,18,22-23H,2,9,12-14H2,1H3,(H,21,24)/t18-/m0/s1. The molecule has 24 heavy (non-hydrogen) atoms. The van der Waals surface area contributed by atoms with Crippen molar-refractivity contribution in [3.05, 3.63) is 65.2 Å². The van der Waals surface area contributed by atoms with E-state index in [0.717, 1.165) is 17.5 Å². The fourth-order valence-corrected chi connectivity index (χ4v) is 2.58. The molecular formula is C20H25NO3. The lowest BCUT2D eigenvalue weighted by Gasteiger charge is -2.16. The summed E-state index contributed by atoms with van der Waals surface area (Å²) in [6, 6.07) is 14.8. The van der Waals surface area contributed by atoms with E-state index in [4.69, 9.17) is 0 Å². The monoisotopic (exact) mass is 327 g/mol. The van der Waals surface area contributed by atoms with Crippen molar-refractivity contribution in [2.24, 2.45) is 0 Å². The summed E-state index contributed by atoms with van der Waals surface area (Å²) in [6.07, 6.45) is 2.63. The number of phenols is 1. The highest BCUT2D eigenvalue weighted by atomic mass is 16.3. The maximum Gasteiger partial charge on any atom is 0.220 e. The number of amides is 1. The fourth-order valence-electron chi connectivity index (χ4n) is 2.58. The number of aliphatic hydroxyl groups excluding tert-OH is 1. The number of carbonyl (C=O) groups excluding carboxylic acids is 1. The average molecular weight is 327 g/mol. The Morgan fingerprint density at radius 2 is 1.58 bits per heavy atom. The van der Waals surface area contributed by atoms with E-state index in [1.54, 1.807) is 24.3 Å². The zero-order valence-electron chi connectivity index (χ0n) is 14.0. The number of hydrogen-bond acceptors (Lipinski definition) is 3. The fraction of sp³-hybridized carbons (Fsp3) is 0.350. The largest absolute Gasteiger partial charge is 0.508 e. The molecule has 1 amide bonds. The van der Waals surface area contributed by atoms with E-state index < -0.39 is 0 Å². The Bertz CT molecular complexity index is 635. The normalized spacial score (nSPS) is 11.9. The number of nitrogens with one attached hydrogen (secondary N) is 1. The summed E-state index contributed by atoms with van der Waals surface area (Å²) < 4.78 is 0. The first-order chi connectivity index (χ1) is 11.6. The van der Waals surface area contributed by atoms with Crippen molar-refractivity contribution in [2.45, 2.75) is 38.6 Å². The van der Waals surface area contributed by atoms with Crippen molar-refractivity contribution in [2.75, 3.05) is 6.61 Å². The van der Waals surface area contributed by atoms with E-state index in [0.29, 0.717) is 19.3 Å². The summed E-state index contributed by atoms with van der Waals surface area (Å²) in [5, 5.41) is 21.6. The van der Waals surface area contributed by atoms with Crippen LogP contribution in [0.25, 0.3) is 0 Å². The molecule has 2 aromatic carbocycles. The Morgan fingerprint density at radius 3 is 2.17 bits per heavy atom. The molecule has 0 unspecified atom stereocenters. The molecule has 0 aromatic heterocycles. The van der Waals surface area contributed by atoms with E-state index in [1.807, 2.05) is 0 Å². The van der Waals surface area contributed by atoms with Gasteiger partial charge in [0, 0.05) is 6.42 Å². The Balaban J connectivity index is 1.81. The molecule has 2 aromatic rings. The highest BCUT2D eigenvalue weighted by Gasteiger charge is 2.12. The molecule has 3 N–H and O–H groups in total. The summed E-state index contributed by atoms with van der Waals surface area (Å²) in [6.45, 7) is 2.00. The van der Waals surface area contributed by atoms with Gasteiger partial charge in [0.1, 0.15) is 5.75 Å². The topological polar surface area (TPSA) is 69.6 Å². The number of benzene rings is 2. The molecule has 0 aliphatic rings. The Labute approximate surface area is 143 Å². The number of phenolic OH excluding ortho intramolecular Hbond substituents is 1. The number of aryl methyl sites for hydroxylation is 2. The average Bonchev–Trinajstić information content (AvgIpc) is 2.61. The third-order valence-corrected chi connectivity index (χ3v) is 4.08. The molecule has 128 valence electrons. The minimum atomic E-state index is -0.315. The summed E-state index contributed by atoms with van der Waals surface area (Å²) in [7, 11) is 0. The Kier molecular flexibility index (Phi) is 6.82. The summed E-state index contributed by atoms with van der Waals surface area (Å²) in [4.78, 5) is 12.1. The molecule has 0 aliphatic heterocycles. The molecule has 0 saturated carbocycles. The summed E-state index contributed by atoms with van der Waals surface area (Å²) in [5.74, 6) is 0.143. The first kappa shape index (κ1) is 18.0. The van der Waals surface area contributed by atoms with Crippen molar-refractivity contribution in [1.82, 2.24) is 5.32 Å². The van der Waals surface area contributed by atoms with E-state index in [9.17, 15) is 15.0 Å². The van der Waals surface area contributed by atoms with Gasteiger partial charge in [-0.2, -0.15) is 0 Å². The van der Waals surface area contributed by atoms with Gasteiger partial charge in [-0.1, -0.05) is 43.3 Å². The maximum atomic E-state index is 12.1. The van der Waals surface area contributed by atoms with Gasteiger partial charge >= 0.3 is 0 Å². The van der Waals surface area contributed by atoms with Gasteiger partial charge in [0.15, 0.2) is 0 Å². The Hall–Kier alpha value is -2.33. The smallest absolute Gasteiger partial charge is 0.220 e. The second-order valence-corrected chi connectivity index (χ2v) is 5.99. The van der Waals surface area contributed by atoms with Crippen LogP contribution in [0.1, 0.15) is 30.0 Å². The van der Waals surface area contributed by atoms with E-state index >= 15 is 0 Å². The molecule has 0 spiro atoms. The molecule has 0 saturated heterocycles. The summed E-state index contributed by atoms with van der Waals surface area (Å²) >= 11 is 0. The Morgan fingerprint density at radius 1 is 1.00 bits per heavy atom. The number of aliphatic hydroxyl groups is 1. The maximum absolute atomic E-state index is 12.1. The third kappa shape index (κ3) is 5.70. The molecule has 1 atom stereocenters. The second kappa shape index (κ2) is 9.08. The van der Waals surface area contributed by atoms with Crippen LogP contribution < -0.4 is 5.32 Å². The number of hydrogen-bond donors (Lipinski definition) is 3. The van der Waals surface area contributed by atoms with Crippen molar-refractivity contribution in [3.63, 3.8) is 0 Å². The highest BCUT2D eigenvalue weighted by Crippen LogP contribution is 2.12. The molecule has 0 aliphatic carbocycles.